The maximum absolute atomic E-state index is 12.4. The fourth-order valence-corrected chi connectivity index (χ4v) is 2.76. The molecule has 25 heavy (non-hydrogen) atoms. The van der Waals surface area contributed by atoms with Crippen LogP contribution in [0.25, 0.3) is 0 Å². The van der Waals surface area contributed by atoms with Crippen molar-refractivity contribution in [3.05, 3.63) is 59.2 Å². The standard InChI is InChI=1S/C19H19NO5/c1-2-24-15-6-3-12(4-7-15)18(21)20-17(19(22)23)14-5-8-16-13(11-14)9-10-25-16/h3-8,11,17H,2,9-10H2,1H3,(H,20,21)(H,22,23). The van der Waals surface area contributed by atoms with E-state index < -0.39 is 17.9 Å². The smallest absolute Gasteiger partial charge is 0.330 e. The van der Waals surface area contributed by atoms with Gasteiger partial charge in [0.15, 0.2) is 6.04 Å². The molecule has 6 heteroatoms. The van der Waals surface area contributed by atoms with Gasteiger partial charge in [0, 0.05) is 12.0 Å². The number of benzene rings is 2. The van der Waals surface area contributed by atoms with E-state index in [2.05, 4.69) is 5.32 Å². The first-order valence-electron chi connectivity index (χ1n) is 8.10. The molecule has 1 aliphatic heterocycles. The van der Waals surface area contributed by atoms with Gasteiger partial charge in [0.05, 0.1) is 13.2 Å². The van der Waals surface area contributed by atoms with E-state index in [9.17, 15) is 14.7 Å². The van der Waals surface area contributed by atoms with E-state index in [-0.39, 0.29) is 0 Å². The average molecular weight is 341 g/mol. The van der Waals surface area contributed by atoms with Gasteiger partial charge in [-0.3, -0.25) is 4.79 Å². The Morgan fingerprint density at radius 2 is 2.00 bits per heavy atom. The first-order chi connectivity index (χ1) is 12.1. The number of nitrogens with one attached hydrogen (secondary N) is 1. The molecule has 1 atom stereocenters. The Morgan fingerprint density at radius 3 is 2.68 bits per heavy atom. The minimum absolute atomic E-state index is 0.374. The molecule has 0 fully saturated rings. The molecule has 3 rings (SSSR count). The lowest BCUT2D eigenvalue weighted by Gasteiger charge is -2.16. The largest absolute Gasteiger partial charge is 0.494 e. The number of aliphatic carboxylic acids is 1. The molecular formula is C19H19NO5. The molecule has 0 bridgehead atoms. The normalized spacial score (nSPS) is 13.5. The summed E-state index contributed by atoms with van der Waals surface area (Å²) in [5.41, 5.74) is 1.86. The van der Waals surface area contributed by atoms with Crippen LogP contribution in [0, 0.1) is 0 Å². The third-order valence-corrected chi connectivity index (χ3v) is 4.00. The summed E-state index contributed by atoms with van der Waals surface area (Å²) in [6.07, 6.45) is 0.738. The van der Waals surface area contributed by atoms with Gasteiger partial charge in [-0.2, -0.15) is 0 Å². The Labute approximate surface area is 145 Å². The molecule has 0 spiro atoms. The summed E-state index contributed by atoms with van der Waals surface area (Å²) in [6.45, 7) is 3.00. The van der Waals surface area contributed by atoms with Crippen LogP contribution in [0.15, 0.2) is 42.5 Å². The van der Waals surface area contributed by atoms with Gasteiger partial charge < -0.3 is 19.9 Å². The van der Waals surface area contributed by atoms with E-state index >= 15 is 0 Å². The molecule has 0 radical (unpaired) electrons. The Morgan fingerprint density at radius 1 is 1.24 bits per heavy atom. The predicted molar refractivity (Wildman–Crippen MR) is 91.1 cm³/mol. The van der Waals surface area contributed by atoms with Crippen molar-refractivity contribution in [1.82, 2.24) is 5.32 Å². The van der Waals surface area contributed by atoms with Gasteiger partial charge >= 0.3 is 5.97 Å². The van der Waals surface area contributed by atoms with E-state index in [4.69, 9.17) is 9.47 Å². The van der Waals surface area contributed by atoms with Crippen LogP contribution in [0.4, 0.5) is 0 Å². The highest BCUT2D eigenvalue weighted by Gasteiger charge is 2.24. The minimum atomic E-state index is -1.12. The zero-order valence-electron chi connectivity index (χ0n) is 13.8. The topological polar surface area (TPSA) is 84.9 Å². The number of hydrogen-bond donors (Lipinski definition) is 2. The molecule has 1 heterocycles. The van der Waals surface area contributed by atoms with E-state index in [1.165, 1.54) is 0 Å². The number of amides is 1. The maximum atomic E-state index is 12.4. The van der Waals surface area contributed by atoms with Crippen molar-refractivity contribution in [2.24, 2.45) is 0 Å². The van der Waals surface area contributed by atoms with Crippen molar-refractivity contribution in [3.8, 4) is 11.5 Å². The molecular weight excluding hydrogens is 322 g/mol. The fourth-order valence-electron chi connectivity index (χ4n) is 2.76. The second kappa shape index (κ2) is 7.25. The van der Waals surface area contributed by atoms with E-state index in [1.54, 1.807) is 42.5 Å². The molecule has 1 amide bonds. The summed E-state index contributed by atoms with van der Waals surface area (Å²) in [6, 6.07) is 10.6. The third-order valence-electron chi connectivity index (χ3n) is 4.00. The highest BCUT2D eigenvalue weighted by atomic mass is 16.5. The first kappa shape index (κ1) is 16.8. The zero-order valence-corrected chi connectivity index (χ0v) is 13.8. The van der Waals surface area contributed by atoms with Crippen LogP contribution in [0.1, 0.15) is 34.5 Å². The fraction of sp³-hybridized carbons (Fsp3) is 0.263. The molecule has 130 valence electrons. The van der Waals surface area contributed by atoms with Crippen LogP contribution in [-0.4, -0.2) is 30.2 Å². The molecule has 0 saturated heterocycles. The summed E-state index contributed by atoms with van der Waals surface area (Å²) in [4.78, 5) is 24.0. The number of carbonyl (C=O) groups is 2. The number of carboxylic acid groups (broad SMARTS) is 1. The third kappa shape index (κ3) is 3.74. The number of ether oxygens (including phenoxy) is 2. The summed E-state index contributed by atoms with van der Waals surface area (Å²) in [5.74, 6) is -0.136. The van der Waals surface area contributed by atoms with Crippen molar-refractivity contribution >= 4 is 11.9 Å². The monoisotopic (exact) mass is 341 g/mol. The van der Waals surface area contributed by atoms with Gasteiger partial charge in [0.1, 0.15) is 11.5 Å². The van der Waals surface area contributed by atoms with E-state index in [0.717, 1.165) is 17.7 Å². The van der Waals surface area contributed by atoms with Crippen LogP contribution >= 0.6 is 0 Å². The van der Waals surface area contributed by atoms with Crippen molar-refractivity contribution in [3.63, 3.8) is 0 Å². The Kier molecular flexibility index (Phi) is 4.88. The maximum Gasteiger partial charge on any atom is 0.330 e. The Hall–Kier alpha value is -3.02. The number of fused-ring (bicyclic) bond motifs is 1. The van der Waals surface area contributed by atoms with Gasteiger partial charge in [-0.1, -0.05) is 6.07 Å². The van der Waals surface area contributed by atoms with Crippen LogP contribution in [0.5, 0.6) is 11.5 Å². The SMILES string of the molecule is CCOc1ccc(C(=O)NC(C(=O)O)c2ccc3c(c2)CCO3)cc1. The number of carbonyl (C=O) groups excluding carboxylic acids is 1. The highest BCUT2D eigenvalue weighted by molar-refractivity contribution is 5.97. The minimum Gasteiger partial charge on any atom is -0.494 e. The molecule has 6 nitrogen and oxygen atoms in total. The van der Waals surface area contributed by atoms with E-state index in [1.807, 2.05) is 6.92 Å². The molecule has 1 aliphatic rings. The van der Waals surface area contributed by atoms with Gasteiger partial charge in [0.2, 0.25) is 0 Å². The lowest BCUT2D eigenvalue weighted by Crippen LogP contribution is -2.33. The van der Waals surface area contributed by atoms with Crippen molar-refractivity contribution in [2.75, 3.05) is 13.2 Å². The van der Waals surface area contributed by atoms with Gasteiger partial charge in [-0.25, -0.2) is 4.79 Å². The van der Waals surface area contributed by atoms with E-state index in [0.29, 0.717) is 30.1 Å². The second-order valence-corrected chi connectivity index (χ2v) is 5.67. The van der Waals surface area contributed by atoms with Crippen LogP contribution in [0.2, 0.25) is 0 Å². The molecule has 2 aromatic rings. The van der Waals surface area contributed by atoms with Crippen LogP contribution < -0.4 is 14.8 Å². The lowest BCUT2D eigenvalue weighted by atomic mass is 10.0. The molecule has 0 aliphatic carbocycles. The summed E-state index contributed by atoms with van der Waals surface area (Å²) < 4.78 is 10.8. The van der Waals surface area contributed by atoms with Gasteiger partial charge in [0.25, 0.3) is 5.91 Å². The van der Waals surface area contributed by atoms with Gasteiger partial charge in [-0.05, 0) is 54.4 Å². The van der Waals surface area contributed by atoms with Crippen molar-refractivity contribution in [1.29, 1.82) is 0 Å². The van der Waals surface area contributed by atoms with Crippen LogP contribution in [-0.2, 0) is 11.2 Å². The number of carboxylic acids is 1. The molecule has 2 aromatic carbocycles. The molecule has 1 unspecified atom stereocenters. The van der Waals surface area contributed by atoms with Gasteiger partial charge in [-0.15, -0.1) is 0 Å². The summed E-state index contributed by atoms with van der Waals surface area (Å²) >= 11 is 0. The van der Waals surface area contributed by atoms with Crippen molar-refractivity contribution < 1.29 is 24.2 Å². The van der Waals surface area contributed by atoms with Crippen LogP contribution in [0.3, 0.4) is 0 Å². The highest BCUT2D eigenvalue weighted by Crippen LogP contribution is 2.28. The lowest BCUT2D eigenvalue weighted by molar-refractivity contribution is -0.139. The first-order valence-corrected chi connectivity index (χ1v) is 8.10. The molecule has 0 saturated carbocycles. The number of hydrogen-bond acceptors (Lipinski definition) is 4. The Bertz CT molecular complexity index is 785. The number of rotatable bonds is 6. The summed E-state index contributed by atoms with van der Waals surface area (Å²) in [7, 11) is 0. The second-order valence-electron chi connectivity index (χ2n) is 5.67. The Balaban J connectivity index is 1.77. The molecule has 0 aromatic heterocycles. The quantitative estimate of drug-likeness (QED) is 0.843. The molecule has 2 N–H and O–H groups in total. The predicted octanol–water partition coefficient (Wildman–Crippen LogP) is 2.58. The summed E-state index contributed by atoms with van der Waals surface area (Å²) in [5, 5.41) is 12.1. The van der Waals surface area contributed by atoms with Crippen molar-refractivity contribution in [2.45, 2.75) is 19.4 Å². The average Bonchev–Trinajstić information content (AvgIpc) is 3.07. The zero-order chi connectivity index (χ0) is 17.8.